The third-order valence-corrected chi connectivity index (χ3v) is 3.88. The van der Waals surface area contributed by atoms with Crippen LogP contribution in [0.3, 0.4) is 0 Å². The summed E-state index contributed by atoms with van der Waals surface area (Å²) < 4.78 is 14.0. The Labute approximate surface area is 113 Å². The van der Waals surface area contributed by atoms with Crippen LogP contribution in [0.25, 0.3) is 0 Å². The van der Waals surface area contributed by atoms with Gasteiger partial charge in [0, 0.05) is 13.1 Å². The van der Waals surface area contributed by atoms with Crippen LogP contribution in [-0.4, -0.2) is 30.2 Å². The van der Waals surface area contributed by atoms with E-state index in [0.717, 1.165) is 12.2 Å². The van der Waals surface area contributed by atoms with Crippen molar-refractivity contribution in [2.75, 3.05) is 24.0 Å². The molecule has 102 valence electrons. The van der Waals surface area contributed by atoms with E-state index in [1.807, 2.05) is 11.9 Å². The van der Waals surface area contributed by atoms with Gasteiger partial charge in [0.15, 0.2) is 0 Å². The molecule has 1 unspecified atom stereocenters. The summed E-state index contributed by atoms with van der Waals surface area (Å²) in [5, 5.41) is 9.42. The average Bonchev–Trinajstić information content (AvgIpc) is 2.34. The van der Waals surface area contributed by atoms with E-state index in [-0.39, 0.29) is 5.82 Å². The van der Waals surface area contributed by atoms with Crippen molar-refractivity contribution >= 4 is 17.4 Å². The number of hydrogen-bond acceptors (Lipinski definition) is 3. The van der Waals surface area contributed by atoms with Crippen LogP contribution in [0.1, 0.15) is 31.9 Å². The zero-order valence-electron chi connectivity index (χ0n) is 11.5. The second-order valence-electron chi connectivity index (χ2n) is 4.63. The number of aliphatic hydroxyl groups excluding tert-OH is 1. The highest BCUT2D eigenvalue weighted by Crippen LogP contribution is 2.24. The Hall–Kier alpha value is -0.740. The first-order valence-electron chi connectivity index (χ1n) is 6.16. The number of hydrogen-bond donors (Lipinski definition) is 1. The predicted molar refractivity (Wildman–Crippen MR) is 77.9 cm³/mol. The maximum atomic E-state index is 14.0. The summed E-state index contributed by atoms with van der Waals surface area (Å²) in [7, 11) is 1.91. The third-order valence-electron chi connectivity index (χ3n) is 3.24. The second kappa shape index (κ2) is 7.00. The van der Waals surface area contributed by atoms with Crippen LogP contribution in [0.2, 0.25) is 0 Å². The molecule has 0 saturated heterocycles. The normalized spacial score (nSPS) is 14.3. The fraction of sp³-hybridized carbons (Fsp3) is 0.571. The summed E-state index contributed by atoms with van der Waals surface area (Å²) >= 11 is 1.80. The maximum Gasteiger partial charge on any atom is 0.146 e. The van der Waals surface area contributed by atoms with Crippen LogP contribution >= 0.6 is 11.8 Å². The second-order valence-corrected chi connectivity index (χ2v) is 5.61. The minimum absolute atomic E-state index is 0.271. The molecule has 0 bridgehead atoms. The number of rotatable bonds is 6. The molecule has 1 aromatic rings. The average molecular weight is 271 g/mol. The summed E-state index contributed by atoms with van der Waals surface area (Å²) in [5.41, 5.74) is 1.20. The number of benzene rings is 1. The van der Waals surface area contributed by atoms with Gasteiger partial charge in [-0.1, -0.05) is 6.07 Å². The lowest BCUT2D eigenvalue weighted by Crippen LogP contribution is -2.30. The Balaban J connectivity index is 2.82. The van der Waals surface area contributed by atoms with E-state index in [0.29, 0.717) is 17.3 Å². The lowest BCUT2D eigenvalue weighted by molar-refractivity contribution is 0.199. The molecule has 0 aliphatic rings. The standard InChI is InChI=1S/C14H22FNOS/c1-10(7-8-18-4)16(3)14-6-5-12(11(2)17)9-13(14)15/h5-6,9-11,17H,7-8H2,1-4H3/t10?,11-/m1/s1. The molecule has 2 nitrogen and oxygen atoms in total. The third kappa shape index (κ3) is 3.89. The van der Waals surface area contributed by atoms with Crippen molar-refractivity contribution in [3.63, 3.8) is 0 Å². The van der Waals surface area contributed by atoms with E-state index < -0.39 is 6.10 Å². The van der Waals surface area contributed by atoms with Crippen molar-refractivity contribution in [2.45, 2.75) is 32.4 Å². The van der Waals surface area contributed by atoms with E-state index in [2.05, 4.69) is 13.2 Å². The maximum absolute atomic E-state index is 14.0. The van der Waals surface area contributed by atoms with E-state index in [4.69, 9.17) is 0 Å². The van der Waals surface area contributed by atoms with Crippen molar-refractivity contribution in [3.8, 4) is 0 Å². The molecule has 1 aromatic carbocycles. The summed E-state index contributed by atoms with van der Waals surface area (Å²) in [4.78, 5) is 1.96. The molecule has 18 heavy (non-hydrogen) atoms. The Morgan fingerprint density at radius 1 is 1.39 bits per heavy atom. The van der Waals surface area contributed by atoms with Crippen LogP contribution in [0.4, 0.5) is 10.1 Å². The zero-order chi connectivity index (χ0) is 13.7. The minimum atomic E-state index is -0.632. The van der Waals surface area contributed by atoms with Gasteiger partial charge in [-0.2, -0.15) is 11.8 Å². The Morgan fingerprint density at radius 2 is 2.06 bits per heavy atom. The van der Waals surface area contributed by atoms with Gasteiger partial charge in [-0.25, -0.2) is 4.39 Å². The largest absolute Gasteiger partial charge is 0.389 e. The van der Waals surface area contributed by atoms with Gasteiger partial charge in [-0.15, -0.1) is 0 Å². The van der Waals surface area contributed by atoms with E-state index in [9.17, 15) is 9.50 Å². The van der Waals surface area contributed by atoms with Crippen molar-refractivity contribution in [2.24, 2.45) is 0 Å². The topological polar surface area (TPSA) is 23.5 Å². The minimum Gasteiger partial charge on any atom is -0.389 e. The van der Waals surface area contributed by atoms with Gasteiger partial charge in [-0.3, -0.25) is 0 Å². The van der Waals surface area contributed by atoms with Crippen LogP contribution in [0.5, 0.6) is 0 Å². The Bertz CT molecular complexity index is 384. The lowest BCUT2D eigenvalue weighted by atomic mass is 10.1. The molecule has 1 rings (SSSR count). The summed E-state index contributed by atoms with van der Waals surface area (Å²) in [5.74, 6) is 0.797. The molecular formula is C14H22FNOS. The SMILES string of the molecule is CSCCC(C)N(C)c1ccc([C@@H](C)O)cc1F. The van der Waals surface area contributed by atoms with E-state index >= 15 is 0 Å². The smallest absolute Gasteiger partial charge is 0.146 e. The van der Waals surface area contributed by atoms with Crippen molar-refractivity contribution < 1.29 is 9.50 Å². The van der Waals surface area contributed by atoms with Crippen molar-refractivity contribution in [1.82, 2.24) is 0 Å². The van der Waals surface area contributed by atoms with Crippen LogP contribution < -0.4 is 4.90 Å². The lowest BCUT2D eigenvalue weighted by Gasteiger charge is -2.27. The molecule has 0 aromatic heterocycles. The first-order chi connectivity index (χ1) is 8.47. The zero-order valence-corrected chi connectivity index (χ0v) is 12.3. The molecule has 0 spiro atoms. The molecule has 0 radical (unpaired) electrons. The van der Waals surface area contributed by atoms with Gasteiger partial charge in [0.2, 0.25) is 0 Å². The first-order valence-corrected chi connectivity index (χ1v) is 7.56. The first kappa shape index (κ1) is 15.3. The fourth-order valence-electron chi connectivity index (χ4n) is 1.79. The highest BCUT2D eigenvalue weighted by molar-refractivity contribution is 7.98. The van der Waals surface area contributed by atoms with E-state index in [1.54, 1.807) is 30.8 Å². The molecule has 1 N–H and O–H groups in total. The molecule has 0 fully saturated rings. The van der Waals surface area contributed by atoms with Gasteiger partial charge in [0.25, 0.3) is 0 Å². The molecule has 4 heteroatoms. The van der Waals surface area contributed by atoms with Crippen LogP contribution in [-0.2, 0) is 0 Å². The highest BCUT2D eigenvalue weighted by Gasteiger charge is 2.14. The molecule has 0 aliphatic carbocycles. The summed E-state index contributed by atoms with van der Waals surface area (Å²) in [6.07, 6.45) is 2.47. The van der Waals surface area contributed by atoms with Gasteiger partial charge in [0.1, 0.15) is 5.82 Å². The van der Waals surface area contributed by atoms with Crippen LogP contribution in [0.15, 0.2) is 18.2 Å². The van der Waals surface area contributed by atoms with Gasteiger partial charge in [0.05, 0.1) is 11.8 Å². The van der Waals surface area contributed by atoms with Crippen LogP contribution in [0, 0.1) is 5.82 Å². The van der Waals surface area contributed by atoms with Gasteiger partial charge in [-0.05, 0) is 50.0 Å². The predicted octanol–water partition coefficient (Wildman–Crippen LogP) is 3.46. The summed E-state index contributed by atoms with van der Waals surface area (Å²) in [6, 6.07) is 5.23. The molecular weight excluding hydrogens is 249 g/mol. The molecule has 0 heterocycles. The summed E-state index contributed by atoms with van der Waals surface area (Å²) in [6.45, 7) is 3.73. The number of nitrogens with zero attached hydrogens (tertiary/aromatic N) is 1. The molecule has 2 atom stereocenters. The van der Waals surface area contributed by atoms with E-state index in [1.165, 1.54) is 6.07 Å². The monoisotopic (exact) mass is 271 g/mol. The molecule has 0 saturated carbocycles. The number of halogens is 1. The van der Waals surface area contributed by atoms with Gasteiger partial charge >= 0.3 is 0 Å². The van der Waals surface area contributed by atoms with Crippen molar-refractivity contribution in [3.05, 3.63) is 29.6 Å². The van der Waals surface area contributed by atoms with Crippen molar-refractivity contribution in [1.29, 1.82) is 0 Å². The number of aliphatic hydroxyl groups is 1. The quantitative estimate of drug-likeness (QED) is 0.857. The number of thioether (sulfide) groups is 1. The molecule has 0 aliphatic heterocycles. The number of anilines is 1. The van der Waals surface area contributed by atoms with Gasteiger partial charge < -0.3 is 10.0 Å². The Kier molecular flexibility index (Phi) is 5.96. The molecule has 0 amide bonds. The fourth-order valence-corrected chi connectivity index (χ4v) is 2.37. The Morgan fingerprint density at radius 3 is 2.56 bits per heavy atom. The highest BCUT2D eigenvalue weighted by atomic mass is 32.2.